The first-order valence-electron chi connectivity index (χ1n) is 7.35. The zero-order valence-electron chi connectivity index (χ0n) is 12.5. The first kappa shape index (κ1) is 16.4. The number of benzene rings is 1. The van der Waals surface area contributed by atoms with E-state index in [2.05, 4.69) is 0 Å². The summed E-state index contributed by atoms with van der Waals surface area (Å²) in [5, 5.41) is 9.48. The lowest BCUT2D eigenvalue weighted by Crippen LogP contribution is -2.43. The largest absolute Gasteiger partial charge is 0.389 e. The van der Waals surface area contributed by atoms with Crippen LogP contribution in [-0.4, -0.2) is 43.6 Å². The van der Waals surface area contributed by atoms with E-state index in [0.717, 1.165) is 12.8 Å². The van der Waals surface area contributed by atoms with Crippen molar-refractivity contribution in [1.82, 2.24) is 4.31 Å². The van der Waals surface area contributed by atoms with Gasteiger partial charge in [0.05, 0.1) is 17.1 Å². The Morgan fingerprint density at radius 1 is 1.38 bits per heavy atom. The Bertz CT molecular complexity index is 552. The fourth-order valence-electron chi connectivity index (χ4n) is 2.56. The molecule has 1 N–H and O–H groups in total. The molecule has 1 saturated heterocycles. The summed E-state index contributed by atoms with van der Waals surface area (Å²) in [7, 11) is -3.48. The summed E-state index contributed by atoms with van der Waals surface area (Å²) in [6.07, 6.45) is 1.10. The second-order valence-corrected chi connectivity index (χ2v) is 7.27. The summed E-state index contributed by atoms with van der Waals surface area (Å²) in [6, 6.07) is 6.42. The van der Waals surface area contributed by atoms with Gasteiger partial charge in [-0.15, -0.1) is 0 Å². The highest BCUT2D eigenvalue weighted by molar-refractivity contribution is 7.89. The van der Waals surface area contributed by atoms with Crippen molar-refractivity contribution in [2.45, 2.75) is 43.8 Å². The van der Waals surface area contributed by atoms with Crippen LogP contribution in [0.1, 0.15) is 38.4 Å². The summed E-state index contributed by atoms with van der Waals surface area (Å²) >= 11 is 0. The molecule has 0 amide bonds. The van der Waals surface area contributed by atoms with Crippen LogP contribution in [0.3, 0.4) is 0 Å². The number of piperidine rings is 1. The second-order valence-electron chi connectivity index (χ2n) is 5.33. The van der Waals surface area contributed by atoms with Crippen molar-refractivity contribution < 1.29 is 18.3 Å². The van der Waals surface area contributed by atoms with E-state index in [-0.39, 0.29) is 11.0 Å². The highest BCUT2D eigenvalue weighted by atomic mass is 32.2. The van der Waals surface area contributed by atoms with Crippen molar-refractivity contribution >= 4 is 10.0 Å². The average Bonchev–Trinajstić information content (AvgIpc) is 2.48. The lowest BCUT2D eigenvalue weighted by molar-refractivity contribution is 0.0265. The molecule has 2 unspecified atom stereocenters. The van der Waals surface area contributed by atoms with Crippen LogP contribution in [0.5, 0.6) is 0 Å². The van der Waals surface area contributed by atoms with E-state index < -0.39 is 16.1 Å². The minimum atomic E-state index is -3.48. The number of hydrogen-bond donors (Lipinski definition) is 1. The minimum absolute atomic E-state index is 0.0183. The van der Waals surface area contributed by atoms with Gasteiger partial charge in [0.1, 0.15) is 0 Å². The quantitative estimate of drug-likeness (QED) is 0.902. The number of hydrogen-bond acceptors (Lipinski definition) is 4. The van der Waals surface area contributed by atoms with Crippen LogP contribution in [0.2, 0.25) is 0 Å². The summed E-state index contributed by atoms with van der Waals surface area (Å²) in [6.45, 7) is 5.11. The lowest BCUT2D eigenvalue weighted by atomic mass is 10.1. The molecule has 1 heterocycles. The Morgan fingerprint density at radius 2 is 2.05 bits per heavy atom. The molecule has 21 heavy (non-hydrogen) atoms. The third kappa shape index (κ3) is 3.83. The predicted octanol–water partition coefficient (Wildman–Crippen LogP) is 1.93. The van der Waals surface area contributed by atoms with Crippen LogP contribution in [0.25, 0.3) is 0 Å². The maximum Gasteiger partial charge on any atom is 0.243 e. The molecule has 5 nitrogen and oxygen atoms in total. The van der Waals surface area contributed by atoms with Crippen molar-refractivity contribution in [3.05, 3.63) is 29.8 Å². The molecule has 0 aromatic heterocycles. The molecular weight excluding hydrogens is 290 g/mol. The van der Waals surface area contributed by atoms with E-state index in [4.69, 9.17) is 4.74 Å². The molecule has 0 saturated carbocycles. The van der Waals surface area contributed by atoms with Gasteiger partial charge < -0.3 is 9.84 Å². The molecule has 1 fully saturated rings. The summed E-state index contributed by atoms with van der Waals surface area (Å²) in [5.74, 6) is 0. The molecule has 1 aliphatic rings. The van der Waals surface area contributed by atoms with E-state index in [0.29, 0.717) is 25.3 Å². The fourth-order valence-corrected chi connectivity index (χ4v) is 4.07. The topological polar surface area (TPSA) is 66.8 Å². The standard InChI is InChI=1S/C15H23NO4S/c1-3-20-14-5-4-10-16(11-14)21(18,19)15-8-6-13(7-9-15)12(2)17/h6-9,12,14,17H,3-5,10-11H2,1-2H3. The predicted molar refractivity (Wildman–Crippen MR) is 80.5 cm³/mol. The van der Waals surface area contributed by atoms with Crippen molar-refractivity contribution in [1.29, 1.82) is 0 Å². The summed E-state index contributed by atoms with van der Waals surface area (Å²) in [5.41, 5.74) is 0.708. The van der Waals surface area contributed by atoms with Gasteiger partial charge >= 0.3 is 0 Å². The van der Waals surface area contributed by atoms with Crippen LogP contribution >= 0.6 is 0 Å². The van der Waals surface area contributed by atoms with E-state index in [1.54, 1.807) is 31.2 Å². The second kappa shape index (κ2) is 6.87. The smallest absolute Gasteiger partial charge is 0.243 e. The van der Waals surface area contributed by atoms with Gasteiger partial charge in [-0.2, -0.15) is 4.31 Å². The molecule has 0 radical (unpaired) electrons. The van der Waals surface area contributed by atoms with Gasteiger partial charge in [0.15, 0.2) is 0 Å². The first-order valence-corrected chi connectivity index (χ1v) is 8.79. The van der Waals surface area contributed by atoms with Gasteiger partial charge in [0.2, 0.25) is 10.0 Å². The van der Waals surface area contributed by atoms with Gasteiger partial charge in [-0.05, 0) is 44.4 Å². The average molecular weight is 313 g/mol. The van der Waals surface area contributed by atoms with Gasteiger partial charge in [-0.1, -0.05) is 12.1 Å². The molecule has 0 aliphatic carbocycles. The number of aliphatic hydroxyl groups excluding tert-OH is 1. The summed E-state index contributed by atoms with van der Waals surface area (Å²) in [4.78, 5) is 0.268. The van der Waals surface area contributed by atoms with Crippen molar-refractivity contribution in [2.24, 2.45) is 0 Å². The minimum Gasteiger partial charge on any atom is -0.389 e. The van der Waals surface area contributed by atoms with Crippen LogP contribution in [0.4, 0.5) is 0 Å². The Kier molecular flexibility index (Phi) is 5.37. The number of nitrogens with zero attached hydrogens (tertiary/aromatic N) is 1. The maximum absolute atomic E-state index is 12.6. The Labute approximate surface area is 126 Å². The number of sulfonamides is 1. The van der Waals surface area contributed by atoms with Gasteiger partial charge in [-0.25, -0.2) is 8.42 Å². The van der Waals surface area contributed by atoms with Gasteiger partial charge in [0, 0.05) is 19.7 Å². The molecule has 0 spiro atoms. The van der Waals surface area contributed by atoms with Gasteiger partial charge in [0.25, 0.3) is 0 Å². The van der Waals surface area contributed by atoms with Crippen LogP contribution in [0, 0.1) is 0 Å². The molecule has 6 heteroatoms. The SMILES string of the molecule is CCOC1CCCN(S(=O)(=O)c2ccc(C(C)O)cc2)C1. The van der Waals surface area contributed by atoms with Crippen LogP contribution in [0.15, 0.2) is 29.2 Å². The van der Waals surface area contributed by atoms with E-state index in [1.807, 2.05) is 6.92 Å². The molecule has 1 aromatic rings. The Balaban J connectivity index is 2.17. The number of aliphatic hydroxyl groups is 1. The molecule has 118 valence electrons. The third-order valence-electron chi connectivity index (χ3n) is 3.74. The monoisotopic (exact) mass is 313 g/mol. The zero-order valence-corrected chi connectivity index (χ0v) is 13.3. The highest BCUT2D eigenvalue weighted by Crippen LogP contribution is 2.23. The maximum atomic E-state index is 12.6. The van der Waals surface area contributed by atoms with Crippen molar-refractivity contribution in [3.8, 4) is 0 Å². The molecule has 1 aromatic carbocycles. The van der Waals surface area contributed by atoms with E-state index in [9.17, 15) is 13.5 Å². The van der Waals surface area contributed by atoms with E-state index in [1.165, 1.54) is 4.31 Å². The first-order chi connectivity index (χ1) is 9.95. The van der Waals surface area contributed by atoms with Crippen molar-refractivity contribution in [2.75, 3.05) is 19.7 Å². The number of rotatable bonds is 5. The molecule has 0 bridgehead atoms. The van der Waals surface area contributed by atoms with Crippen LogP contribution < -0.4 is 0 Å². The fraction of sp³-hybridized carbons (Fsp3) is 0.600. The Morgan fingerprint density at radius 3 is 2.62 bits per heavy atom. The lowest BCUT2D eigenvalue weighted by Gasteiger charge is -2.31. The third-order valence-corrected chi connectivity index (χ3v) is 5.62. The normalized spacial score (nSPS) is 22.1. The molecule has 2 rings (SSSR count). The van der Waals surface area contributed by atoms with E-state index >= 15 is 0 Å². The number of ether oxygens (including phenoxy) is 1. The zero-order chi connectivity index (χ0) is 15.5. The summed E-state index contributed by atoms with van der Waals surface area (Å²) < 4.78 is 32.3. The van der Waals surface area contributed by atoms with Gasteiger partial charge in [-0.3, -0.25) is 0 Å². The molecule has 2 atom stereocenters. The van der Waals surface area contributed by atoms with Crippen molar-refractivity contribution in [3.63, 3.8) is 0 Å². The van der Waals surface area contributed by atoms with Crippen LogP contribution in [-0.2, 0) is 14.8 Å². The molecular formula is C15H23NO4S. The highest BCUT2D eigenvalue weighted by Gasteiger charge is 2.30. The molecule has 1 aliphatic heterocycles. The Hall–Kier alpha value is -0.950.